The number of ether oxygens (including phenoxy) is 1. The van der Waals surface area contributed by atoms with E-state index in [-0.39, 0.29) is 0 Å². The molecule has 1 N–H and O–H groups in total. The minimum atomic E-state index is 0.669. The van der Waals surface area contributed by atoms with Crippen LogP contribution in [0.5, 0.6) is 0 Å². The quantitative estimate of drug-likeness (QED) is 0.660. The van der Waals surface area contributed by atoms with Gasteiger partial charge in [-0.1, -0.05) is 20.3 Å². The van der Waals surface area contributed by atoms with Gasteiger partial charge in [-0.05, 0) is 45.1 Å². The fourth-order valence-electron chi connectivity index (χ4n) is 3.11. The first kappa shape index (κ1) is 16.9. The van der Waals surface area contributed by atoms with Gasteiger partial charge in [0.05, 0.1) is 6.61 Å². The van der Waals surface area contributed by atoms with Crippen LogP contribution in [0.3, 0.4) is 0 Å². The summed E-state index contributed by atoms with van der Waals surface area (Å²) in [5, 5.41) is 3.74. The topological polar surface area (TPSA) is 24.5 Å². The van der Waals surface area contributed by atoms with Crippen LogP contribution in [0, 0.1) is 5.92 Å². The Morgan fingerprint density at radius 2 is 2.11 bits per heavy atom. The Bertz CT molecular complexity index is 223. The van der Waals surface area contributed by atoms with Gasteiger partial charge in [-0.2, -0.15) is 0 Å². The highest BCUT2D eigenvalue weighted by Crippen LogP contribution is 2.27. The number of methoxy groups -OCH3 is 1. The summed E-state index contributed by atoms with van der Waals surface area (Å²) >= 11 is 0. The highest BCUT2D eigenvalue weighted by Gasteiger charge is 2.29. The zero-order chi connectivity index (χ0) is 14.1. The van der Waals surface area contributed by atoms with Crippen molar-refractivity contribution in [3.8, 4) is 0 Å². The monoisotopic (exact) mass is 270 g/mol. The predicted octanol–water partition coefficient (Wildman–Crippen LogP) is 2.90. The normalized spacial score (nSPS) is 25.1. The standard InChI is InChI=1S/C16H34N2O/c1-5-10-17-16-9-7-8-15(16)13-18(11-12-19-4)14(3)6-2/h14-17H,5-13H2,1-4H3. The van der Waals surface area contributed by atoms with Crippen molar-refractivity contribution < 1.29 is 4.74 Å². The van der Waals surface area contributed by atoms with Gasteiger partial charge in [-0.15, -0.1) is 0 Å². The van der Waals surface area contributed by atoms with Gasteiger partial charge in [0.15, 0.2) is 0 Å². The van der Waals surface area contributed by atoms with E-state index in [2.05, 4.69) is 31.0 Å². The molecule has 1 fully saturated rings. The van der Waals surface area contributed by atoms with Crippen LogP contribution in [0.2, 0.25) is 0 Å². The summed E-state index contributed by atoms with van der Waals surface area (Å²) in [6.07, 6.45) is 6.61. The van der Waals surface area contributed by atoms with E-state index in [4.69, 9.17) is 4.74 Å². The molecule has 1 aliphatic carbocycles. The number of rotatable bonds is 10. The Kier molecular flexibility index (Phi) is 8.67. The largest absolute Gasteiger partial charge is 0.383 e. The second-order valence-electron chi connectivity index (χ2n) is 6.00. The third-order valence-corrected chi connectivity index (χ3v) is 4.58. The molecule has 0 aromatic carbocycles. The van der Waals surface area contributed by atoms with Crippen LogP contribution in [0.15, 0.2) is 0 Å². The number of hydrogen-bond donors (Lipinski definition) is 1. The molecule has 0 aliphatic heterocycles. The Labute approximate surface area is 120 Å². The molecule has 114 valence electrons. The number of hydrogen-bond acceptors (Lipinski definition) is 3. The Morgan fingerprint density at radius 1 is 1.32 bits per heavy atom. The molecule has 0 saturated heterocycles. The van der Waals surface area contributed by atoms with Crippen molar-refractivity contribution in [2.75, 3.05) is 33.4 Å². The van der Waals surface area contributed by atoms with Crippen molar-refractivity contribution in [1.29, 1.82) is 0 Å². The Hall–Kier alpha value is -0.120. The third kappa shape index (κ3) is 5.80. The van der Waals surface area contributed by atoms with Gasteiger partial charge in [0, 0.05) is 32.3 Å². The second kappa shape index (κ2) is 9.73. The summed E-state index contributed by atoms with van der Waals surface area (Å²) in [5.41, 5.74) is 0. The lowest BCUT2D eigenvalue weighted by Crippen LogP contribution is -2.44. The third-order valence-electron chi connectivity index (χ3n) is 4.58. The molecule has 0 bridgehead atoms. The molecule has 0 spiro atoms. The lowest BCUT2D eigenvalue weighted by atomic mass is 10.0. The van der Waals surface area contributed by atoms with Crippen molar-refractivity contribution in [1.82, 2.24) is 10.2 Å². The lowest BCUT2D eigenvalue weighted by molar-refractivity contribution is 0.105. The summed E-state index contributed by atoms with van der Waals surface area (Å²) < 4.78 is 5.27. The van der Waals surface area contributed by atoms with E-state index >= 15 is 0 Å². The zero-order valence-corrected chi connectivity index (χ0v) is 13.5. The van der Waals surface area contributed by atoms with Crippen molar-refractivity contribution in [2.24, 2.45) is 5.92 Å². The lowest BCUT2D eigenvalue weighted by Gasteiger charge is -2.33. The van der Waals surface area contributed by atoms with E-state index in [0.717, 1.165) is 25.1 Å². The molecule has 3 unspecified atom stereocenters. The molecule has 1 rings (SSSR count). The van der Waals surface area contributed by atoms with Gasteiger partial charge in [0.2, 0.25) is 0 Å². The van der Waals surface area contributed by atoms with Gasteiger partial charge in [-0.25, -0.2) is 0 Å². The van der Waals surface area contributed by atoms with Crippen LogP contribution >= 0.6 is 0 Å². The van der Waals surface area contributed by atoms with Crippen molar-refractivity contribution in [3.05, 3.63) is 0 Å². The predicted molar refractivity (Wildman–Crippen MR) is 82.6 cm³/mol. The maximum atomic E-state index is 5.27. The van der Waals surface area contributed by atoms with E-state index in [0.29, 0.717) is 6.04 Å². The first-order valence-corrected chi connectivity index (χ1v) is 8.19. The van der Waals surface area contributed by atoms with Crippen LogP contribution < -0.4 is 5.32 Å². The molecule has 3 heteroatoms. The first-order valence-electron chi connectivity index (χ1n) is 8.19. The number of nitrogens with zero attached hydrogens (tertiary/aromatic N) is 1. The first-order chi connectivity index (χ1) is 9.22. The summed E-state index contributed by atoms with van der Waals surface area (Å²) in [6, 6.07) is 1.41. The molecule has 1 saturated carbocycles. The fourth-order valence-corrected chi connectivity index (χ4v) is 3.11. The van der Waals surface area contributed by atoms with Crippen LogP contribution in [0.1, 0.15) is 52.9 Å². The highest BCUT2D eigenvalue weighted by atomic mass is 16.5. The van der Waals surface area contributed by atoms with Crippen molar-refractivity contribution in [2.45, 2.75) is 65.0 Å². The van der Waals surface area contributed by atoms with Crippen molar-refractivity contribution >= 4 is 0 Å². The summed E-state index contributed by atoms with van der Waals surface area (Å²) in [6.45, 7) is 11.2. The van der Waals surface area contributed by atoms with Gasteiger partial charge < -0.3 is 10.1 Å². The minimum absolute atomic E-state index is 0.669. The van der Waals surface area contributed by atoms with E-state index in [1.165, 1.54) is 45.2 Å². The van der Waals surface area contributed by atoms with E-state index in [1.807, 2.05) is 0 Å². The van der Waals surface area contributed by atoms with Crippen LogP contribution in [-0.2, 0) is 4.74 Å². The van der Waals surface area contributed by atoms with Crippen LogP contribution in [0.25, 0.3) is 0 Å². The molecule has 3 atom stereocenters. The zero-order valence-electron chi connectivity index (χ0n) is 13.5. The maximum absolute atomic E-state index is 5.27. The fraction of sp³-hybridized carbons (Fsp3) is 1.00. The summed E-state index contributed by atoms with van der Waals surface area (Å²) in [4.78, 5) is 2.63. The van der Waals surface area contributed by atoms with Gasteiger partial charge in [0.1, 0.15) is 0 Å². The second-order valence-corrected chi connectivity index (χ2v) is 6.00. The Morgan fingerprint density at radius 3 is 2.74 bits per heavy atom. The molecule has 0 amide bonds. The molecule has 0 aromatic heterocycles. The average Bonchev–Trinajstić information content (AvgIpc) is 2.87. The summed E-state index contributed by atoms with van der Waals surface area (Å²) in [7, 11) is 1.80. The van der Waals surface area contributed by atoms with Crippen LogP contribution in [0.4, 0.5) is 0 Å². The molecular weight excluding hydrogens is 236 g/mol. The van der Waals surface area contributed by atoms with Gasteiger partial charge in [0.25, 0.3) is 0 Å². The number of nitrogens with one attached hydrogen (secondary N) is 1. The van der Waals surface area contributed by atoms with Crippen LogP contribution in [-0.4, -0.2) is 50.3 Å². The van der Waals surface area contributed by atoms with Gasteiger partial charge >= 0.3 is 0 Å². The molecule has 0 heterocycles. The molecular formula is C16H34N2O. The molecule has 0 radical (unpaired) electrons. The SMILES string of the molecule is CCCNC1CCCC1CN(CCOC)C(C)CC. The van der Waals surface area contributed by atoms with E-state index in [9.17, 15) is 0 Å². The molecule has 1 aliphatic rings. The van der Waals surface area contributed by atoms with E-state index in [1.54, 1.807) is 7.11 Å². The molecule has 19 heavy (non-hydrogen) atoms. The highest BCUT2D eigenvalue weighted by molar-refractivity contribution is 4.86. The minimum Gasteiger partial charge on any atom is -0.383 e. The van der Waals surface area contributed by atoms with Gasteiger partial charge in [-0.3, -0.25) is 4.90 Å². The molecule has 0 aromatic rings. The smallest absolute Gasteiger partial charge is 0.0589 e. The average molecular weight is 270 g/mol. The molecule has 3 nitrogen and oxygen atoms in total. The summed E-state index contributed by atoms with van der Waals surface area (Å²) in [5.74, 6) is 0.831. The van der Waals surface area contributed by atoms with E-state index < -0.39 is 0 Å². The van der Waals surface area contributed by atoms with Crippen molar-refractivity contribution in [3.63, 3.8) is 0 Å². The maximum Gasteiger partial charge on any atom is 0.0589 e. The Balaban J connectivity index is 2.46.